The van der Waals surface area contributed by atoms with E-state index in [1.807, 2.05) is 0 Å². The molecule has 0 aliphatic heterocycles. The molecule has 174 valence electrons. The van der Waals surface area contributed by atoms with Crippen LogP contribution in [0.5, 0.6) is 0 Å². The van der Waals surface area contributed by atoms with E-state index in [2.05, 4.69) is 20.0 Å². The molecule has 0 radical (unpaired) electrons. The number of benzene rings is 3. The highest BCUT2D eigenvalue weighted by Crippen LogP contribution is 2.35. The number of rotatable bonds is 6. The van der Waals surface area contributed by atoms with Crippen molar-refractivity contribution in [3.63, 3.8) is 0 Å². The van der Waals surface area contributed by atoms with Crippen molar-refractivity contribution < 1.29 is 31.5 Å². The van der Waals surface area contributed by atoms with Crippen LogP contribution in [0.2, 0.25) is 0 Å². The fourth-order valence-electron chi connectivity index (χ4n) is 3.11. The summed E-state index contributed by atoms with van der Waals surface area (Å²) in [7, 11) is -4.72. The van der Waals surface area contributed by atoms with Gasteiger partial charge in [-0.1, -0.05) is 24.3 Å². The van der Waals surface area contributed by atoms with Crippen molar-refractivity contribution >= 4 is 44.3 Å². The molecule has 12 heteroatoms. The number of carboxylic acid groups (broad SMARTS) is 1. The Bertz CT molecular complexity index is 1490. The van der Waals surface area contributed by atoms with Crippen LogP contribution in [0.1, 0.15) is 15.9 Å². The first-order valence-electron chi connectivity index (χ1n) is 9.61. The predicted molar refractivity (Wildman–Crippen MR) is 118 cm³/mol. The maximum Gasteiger partial charge on any atom is 0.417 e. The van der Waals surface area contributed by atoms with E-state index in [-0.39, 0.29) is 17.2 Å². The number of halogens is 3. The van der Waals surface area contributed by atoms with Crippen molar-refractivity contribution in [3.05, 3.63) is 83.9 Å². The van der Waals surface area contributed by atoms with E-state index >= 15 is 0 Å². The third kappa shape index (κ3) is 4.76. The van der Waals surface area contributed by atoms with Gasteiger partial charge >= 0.3 is 12.1 Å². The minimum Gasteiger partial charge on any atom is -0.478 e. The summed E-state index contributed by atoms with van der Waals surface area (Å²) in [6.07, 6.45) is -4.90. The van der Waals surface area contributed by atoms with Crippen LogP contribution in [0, 0.1) is 0 Å². The Morgan fingerprint density at radius 1 is 0.824 bits per heavy atom. The van der Waals surface area contributed by atoms with Gasteiger partial charge in [-0.3, -0.25) is 4.72 Å². The summed E-state index contributed by atoms with van der Waals surface area (Å²) < 4.78 is 68.2. The monoisotopic (exact) mass is 488 g/mol. The van der Waals surface area contributed by atoms with Crippen LogP contribution >= 0.6 is 0 Å². The molecule has 3 aromatic carbocycles. The average Bonchev–Trinajstić information content (AvgIpc) is 2.79. The Kier molecular flexibility index (Phi) is 5.83. The van der Waals surface area contributed by atoms with E-state index in [9.17, 15) is 26.4 Å². The highest BCUT2D eigenvalue weighted by Gasteiger charge is 2.37. The van der Waals surface area contributed by atoms with Crippen molar-refractivity contribution in [2.75, 3.05) is 10.0 Å². The molecule has 0 saturated heterocycles. The first kappa shape index (κ1) is 23.0. The number of aromatic nitrogens is 2. The quantitative estimate of drug-likeness (QED) is 0.353. The number of fused-ring (bicyclic) bond motifs is 1. The number of hydrogen-bond donors (Lipinski definition) is 3. The van der Waals surface area contributed by atoms with Crippen LogP contribution in [0.25, 0.3) is 11.0 Å². The molecule has 4 rings (SSSR count). The summed E-state index contributed by atoms with van der Waals surface area (Å²) >= 11 is 0. The Labute approximate surface area is 191 Å². The van der Waals surface area contributed by atoms with Gasteiger partial charge in [0.25, 0.3) is 10.0 Å². The molecule has 0 fully saturated rings. The first-order chi connectivity index (χ1) is 16.0. The van der Waals surface area contributed by atoms with Gasteiger partial charge in [0.1, 0.15) is 0 Å². The lowest BCUT2D eigenvalue weighted by Crippen LogP contribution is -2.20. The molecule has 0 unspecified atom stereocenters. The number of para-hydroxylation sites is 2. The number of hydrogen-bond acceptors (Lipinski definition) is 6. The highest BCUT2D eigenvalue weighted by atomic mass is 32.2. The van der Waals surface area contributed by atoms with Crippen molar-refractivity contribution in [1.82, 2.24) is 9.97 Å². The van der Waals surface area contributed by atoms with Gasteiger partial charge in [-0.05, 0) is 48.5 Å². The molecule has 34 heavy (non-hydrogen) atoms. The van der Waals surface area contributed by atoms with Crippen LogP contribution < -0.4 is 10.0 Å². The summed E-state index contributed by atoms with van der Waals surface area (Å²) in [5, 5.41) is 11.9. The number of aromatic carboxylic acids is 1. The second-order valence-electron chi connectivity index (χ2n) is 7.02. The van der Waals surface area contributed by atoms with Gasteiger partial charge in [-0.25, -0.2) is 23.2 Å². The number of nitrogens with zero attached hydrogens (tertiary/aromatic N) is 2. The smallest absolute Gasteiger partial charge is 0.417 e. The van der Waals surface area contributed by atoms with E-state index in [0.717, 1.165) is 12.1 Å². The lowest BCUT2D eigenvalue weighted by Gasteiger charge is -2.16. The van der Waals surface area contributed by atoms with Gasteiger partial charge in [0.05, 0.1) is 27.1 Å². The zero-order valence-corrected chi connectivity index (χ0v) is 17.9. The minimum atomic E-state index is -4.90. The Hall–Kier alpha value is -4.19. The Balaban J connectivity index is 1.78. The second kappa shape index (κ2) is 8.63. The molecule has 3 N–H and O–H groups in total. The molecule has 0 atom stereocenters. The lowest BCUT2D eigenvalue weighted by molar-refractivity contribution is -0.139. The zero-order valence-electron chi connectivity index (χ0n) is 17.0. The van der Waals surface area contributed by atoms with E-state index in [1.165, 1.54) is 30.3 Å². The van der Waals surface area contributed by atoms with Crippen LogP contribution in [-0.4, -0.2) is 29.5 Å². The number of anilines is 3. The third-order valence-electron chi connectivity index (χ3n) is 4.68. The lowest BCUT2D eigenvalue weighted by atomic mass is 10.2. The fraction of sp³-hybridized carbons (Fsp3) is 0.0455. The largest absolute Gasteiger partial charge is 0.478 e. The van der Waals surface area contributed by atoms with Crippen LogP contribution in [0.3, 0.4) is 0 Å². The zero-order chi connectivity index (χ0) is 24.5. The molecule has 8 nitrogen and oxygen atoms in total. The van der Waals surface area contributed by atoms with Gasteiger partial charge < -0.3 is 10.4 Å². The number of carboxylic acids is 1. The molecule has 0 amide bonds. The van der Waals surface area contributed by atoms with Crippen molar-refractivity contribution in [2.24, 2.45) is 0 Å². The van der Waals surface area contributed by atoms with Gasteiger partial charge in [0, 0.05) is 5.69 Å². The SMILES string of the molecule is O=C(O)c1ccc(Nc2nc3ccccc3nc2NS(=O)(=O)c2ccccc2C(F)(F)F)cc1. The highest BCUT2D eigenvalue weighted by molar-refractivity contribution is 7.92. The first-order valence-corrected chi connectivity index (χ1v) is 11.1. The maximum absolute atomic E-state index is 13.4. The summed E-state index contributed by atoms with van der Waals surface area (Å²) in [6.45, 7) is 0. The number of carbonyl (C=O) groups is 1. The van der Waals surface area contributed by atoms with Crippen LogP contribution in [0.15, 0.2) is 77.7 Å². The van der Waals surface area contributed by atoms with Crippen LogP contribution in [0.4, 0.5) is 30.5 Å². The van der Waals surface area contributed by atoms with E-state index < -0.39 is 32.6 Å². The average molecular weight is 488 g/mol. The van der Waals surface area contributed by atoms with Crippen molar-refractivity contribution in [2.45, 2.75) is 11.1 Å². The number of alkyl halides is 3. The fourth-order valence-corrected chi connectivity index (χ4v) is 4.35. The van der Waals surface area contributed by atoms with E-state index in [1.54, 1.807) is 24.3 Å². The molecule has 4 aromatic rings. The summed E-state index contributed by atoms with van der Waals surface area (Å²) in [6, 6.07) is 15.8. The molecule has 0 aliphatic rings. The number of nitrogens with one attached hydrogen (secondary N) is 2. The normalized spacial score (nSPS) is 11.9. The second-order valence-corrected chi connectivity index (χ2v) is 8.67. The topological polar surface area (TPSA) is 121 Å². The summed E-state index contributed by atoms with van der Waals surface area (Å²) in [4.78, 5) is 18.7. The third-order valence-corrected chi connectivity index (χ3v) is 6.08. The molecular formula is C22H15F3N4O4S. The molecule has 0 aliphatic carbocycles. The van der Waals surface area contributed by atoms with E-state index in [0.29, 0.717) is 22.8 Å². The van der Waals surface area contributed by atoms with Gasteiger partial charge in [-0.15, -0.1) is 0 Å². The predicted octanol–water partition coefficient (Wildman–Crippen LogP) is 4.89. The van der Waals surface area contributed by atoms with Crippen LogP contribution in [-0.2, 0) is 16.2 Å². The molecule has 0 spiro atoms. The Morgan fingerprint density at radius 2 is 1.38 bits per heavy atom. The molecule has 0 bridgehead atoms. The van der Waals surface area contributed by atoms with Gasteiger partial charge in [0.2, 0.25) is 0 Å². The molecule has 0 saturated carbocycles. The Morgan fingerprint density at radius 3 is 1.97 bits per heavy atom. The molecule has 1 heterocycles. The maximum atomic E-state index is 13.4. The standard InChI is InChI=1S/C22H15F3N4O4S/c23-22(24,25)15-5-1-4-8-18(15)34(32,33)29-20-19(27-16-6-2-3-7-17(16)28-20)26-14-11-9-13(10-12-14)21(30)31/h1-12H,(H,26,27)(H,28,29)(H,30,31). The van der Waals surface area contributed by atoms with Crippen molar-refractivity contribution in [1.29, 1.82) is 0 Å². The molecule has 1 aromatic heterocycles. The van der Waals surface area contributed by atoms with Gasteiger partial charge in [-0.2, -0.15) is 13.2 Å². The summed E-state index contributed by atoms with van der Waals surface area (Å²) in [5.41, 5.74) is -0.248. The van der Waals surface area contributed by atoms with Crippen molar-refractivity contribution in [3.8, 4) is 0 Å². The minimum absolute atomic E-state index is 0.0276. The van der Waals surface area contributed by atoms with E-state index in [4.69, 9.17) is 5.11 Å². The summed E-state index contributed by atoms with van der Waals surface area (Å²) in [5.74, 6) is -1.55. The number of sulfonamides is 1. The van der Waals surface area contributed by atoms with Gasteiger partial charge in [0.15, 0.2) is 11.6 Å². The molecular weight excluding hydrogens is 473 g/mol.